The summed E-state index contributed by atoms with van der Waals surface area (Å²) in [5.41, 5.74) is 1.74. The average molecular weight is 251 g/mol. The highest BCUT2D eigenvalue weighted by atomic mass is 16.3. The van der Waals surface area contributed by atoms with Crippen molar-refractivity contribution in [1.82, 2.24) is 9.97 Å². The summed E-state index contributed by atoms with van der Waals surface area (Å²) >= 11 is 0. The summed E-state index contributed by atoms with van der Waals surface area (Å²) in [6, 6.07) is 15.1. The molecule has 2 aromatic carbocycles. The SMILES string of the molecule is Oc1ccccc1CNc1ncnc2ccccc12. The molecule has 4 heteroatoms. The molecule has 0 aliphatic heterocycles. The first kappa shape index (κ1) is 11.5. The van der Waals surface area contributed by atoms with Crippen LogP contribution in [0.4, 0.5) is 5.82 Å². The first-order valence-corrected chi connectivity index (χ1v) is 6.05. The number of fused-ring (bicyclic) bond motifs is 1. The normalized spacial score (nSPS) is 10.5. The van der Waals surface area contributed by atoms with Crippen molar-refractivity contribution in [3.05, 3.63) is 60.4 Å². The Balaban J connectivity index is 1.88. The molecule has 0 atom stereocenters. The van der Waals surface area contributed by atoms with E-state index in [1.807, 2.05) is 36.4 Å². The van der Waals surface area contributed by atoms with Crippen molar-refractivity contribution in [3.63, 3.8) is 0 Å². The molecule has 0 spiro atoms. The molecule has 0 aliphatic carbocycles. The highest BCUT2D eigenvalue weighted by molar-refractivity contribution is 5.88. The van der Waals surface area contributed by atoms with E-state index in [1.54, 1.807) is 12.1 Å². The maximum absolute atomic E-state index is 9.73. The van der Waals surface area contributed by atoms with E-state index >= 15 is 0 Å². The zero-order valence-electron chi connectivity index (χ0n) is 10.2. The van der Waals surface area contributed by atoms with Gasteiger partial charge in [0.1, 0.15) is 17.9 Å². The number of phenolic OH excluding ortho intramolecular Hbond substituents is 1. The molecule has 3 aromatic rings. The van der Waals surface area contributed by atoms with Crippen molar-refractivity contribution in [1.29, 1.82) is 0 Å². The molecule has 0 bridgehead atoms. The molecule has 0 unspecified atom stereocenters. The molecule has 0 aliphatic rings. The van der Waals surface area contributed by atoms with Gasteiger partial charge in [0.15, 0.2) is 0 Å². The van der Waals surface area contributed by atoms with Crippen LogP contribution in [0.1, 0.15) is 5.56 Å². The first-order chi connectivity index (χ1) is 9.34. The topological polar surface area (TPSA) is 58.0 Å². The van der Waals surface area contributed by atoms with Gasteiger partial charge in [-0.1, -0.05) is 30.3 Å². The minimum atomic E-state index is 0.286. The quantitative estimate of drug-likeness (QED) is 0.751. The summed E-state index contributed by atoms with van der Waals surface area (Å²) in [5.74, 6) is 1.06. The second-order valence-corrected chi connectivity index (χ2v) is 4.22. The molecular formula is C15H13N3O. The summed E-state index contributed by atoms with van der Waals surface area (Å²) < 4.78 is 0. The largest absolute Gasteiger partial charge is 0.508 e. The number of rotatable bonds is 3. The number of phenols is 1. The molecule has 94 valence electrons. The highest BCUT2D eigenvalue weighted by Crippen LogP contribution is 2.21. The molecule has 0 radical (unpaired) electrons. The van der Waals surface area contributed by atoms with Crippen LogP contribution in [0.3, 0.4) is 0 Å². The Kier molecular flexibility index (Phi) is 2.98. The van der Waals surface area contributed by atoms with Crippen molar-refractivity contribution >= 4 is 16.7 Å². The number of aromatic hydroxyl groups is 1. The Morgan fingerprint density at radius 3 is 2.63 bits per heavy atom. The van der Waals surface area contributed by atoms with E-state index in [2.05, 4.69) is 15.3 Å². The number of hydrogen-bond donors (Lipinski definition) is 2. The van der Waals surface area contributed by atoms with Crippen LogP contribution in [0.5, 0.6) is 5.75 Å². The molecule has 3 rings (SSSR count). The standard InChI is InChI=1S/C15H13N3O/c19-14-8-4-1-5-11(14)9-16-15-12-6-2-3-7-13(12)17-10-18-15/h1-8,10,19H,9H2,(H,16,17,18). The fraction of sp³-hybridized carbons (Fsp3) is 0.0667. The van der Waals surface area contributed by atoms with Gasteiger partial charge < -0.3 is 10.4 Å². The summed E-state index contributed by atoms with van der Waals surface area (Å²) in [7, 11) is 0. The zero-order valence-corrected chi connectivity index (χ0v) is 10.2. The third kappa shape index (κ3) is 2.33. The van der Waals surface area contributed by atoms with Crippen LogP contribution >= 0.6 is 0 Å². The molecule has 1 aromatic heterocycles. The third-order valence-electron chi connectivity index (χ3n) is 2.98. The lowest BCUT2D eigenvalue weighted by Crippen LogP contribution is -2.02. The monoisotopic (exact) mass is 251 g/mol. The van der Waals surface area contributed by atoms with Crippen molar-refractivity contribution in [3.8, 4) is 5.75 Å². The van der Waals surface area contributed by atoms with E-state index in [0.717, 1.165) is 22.3 Å². The molecule has 2 N–H and O–H groups in total. The predicted molar refractivity (Wildman–Crippen MR) is 75.0 cm³/mol. The van der Waals surface area contributed by atoms with E-state index in [1.165, 1.54) is 6.33 Å². The zero-order chi connectivity index (χ0) is 13.1. The van der Waals surface area contributed by atoms with E-state index in [4.69, 9.17) is 0 Å². The molecule has 0 fully saturated rings. The summed E-state index contributed by atoms with van der Waals surface area (Å²) in [6.07, 6.45) is 1.54. The molecule has 4 nitrogen and oxygen atoms in total. The second kappa shape index (κ2) is 4.94. The number of nitrogens with zero attached hydrogens (tertiary/aromatic N) is 2. The third-order valence-corrected chi connectivity index (χ3v) is 2.98. The minimum Gasteiger partial charge on any atom is -0.508 e. The van der Waals surface area contributed by atoms with Gasteiger partial charge in [-0.15, -0.1) is 0 Å². The minimum absolute atomic E-state index is 0.286. The summed E-state index contributed by atoms with van der Waals surface area (Å²) in [5, 5.41) is 13.9. The van der Waals surface area contributed by atoms with Gasteiger partial charge in [0, 0.05) is 17.5 Å². The van der Waals surface area contributed by atoms with Crippen molar-refractivity contribution in [2.75, 3.05) is 5.32 Å². The van der Waals surface area contributed by atoms with Crippen LogP contribution in [-0.4, -0.2) is 15.1 Å². The molecule has 0 saturated heterocycles. The maximum Gasteiger partial charge on any atom is 0.137 e. The van der Waals surface area contributed by atoms with Gasteiger partial charge in [0.05, 0.1) is 5.52 Å². The first-order valence-electron chi connectivity index (χ1n) is 6.05. The van der Waals surface area contributed by atoms with Gasteiger partial charge in [0.2, 0.25) is 0 Å². The fourth-order valence-corrected chi connectivity index (χ4v) is 1.98. The Labute approximate surface area is 110 Å². The Morgan fingerprint density at radius 2 is 1.74 bits per heavy atom. The molecule has 0 amide bonds. The fourth-order valence-electron chi connectivity index (χ4n) is 1.98. The summed E-state index contributed by atoms with van der Waals surface area (Å²) in [4.78, 5) is 8.46. The van der Waals surface area contributed by atoms with E-state index in [9.17, 15) is 5.11 Å². The van der Waals surface area contributed by atoms with E-state index in [0.29, 0.717) is 6.54 Å². The van der Waals surface area contributed by atoms with E-state index in [-0.39, 0.29) is 5.75 Å². The molecule has 0 saturated carbocycles. The van der Waals surface area contributed by atoms with Crippen molar-refractivity contribution in [2.24, 2.45) is 0 Å². The number of para-hydroxylation sites is 2. The maximum atomic E-state index is 9.73. The lowest BCUT2D eigenvalue weighted by molar-refractivity contribution is 0.469. The van der Waals surface area contributed by atoms with Crippen LogP contribution in [0, 0.1) is 0 Å². The van der Waals surface area contributed by atoms with Crippen molar-refractivity contribution < 1.29 is 5.11 Å². The molecule has 19 heavy (non-hydrogen) atoms. The Morgan fingerprint density at radius 1 is 0.947 bits per heavy atom. The van der Waals surface area contributed by atoms with Crippen molar-refractivity contribution in [2.45, 2.75) is 6.54 Å². The number of hydrogen-bond acceptors (Lipinski definition) is 4. The van der Waals surface area contributed by atoms with Gasteiger partial charge in [0.25, 0.3) is 0 Å². The average Bonchev–Trinajstić information content (AvgIpc) is 2.46. The predicted octanol–water partition coefficient (Wildman–Crippen LogP) is 2.95. The number of benzene rings is 2. The van der Waals surface area contributed by atoms with E-state index < -0.39 is 0 Å². The van der Waals surface area contributed by atoms with Gasteiger partial charge in [-0.3, -0.25) is 0 Å². The highest BCUT2D eigenvalue weighted by Gasteiger charge is 2.04. The lowest BCUT2D eigenvalue weighted by atomic mass is 10.2. The van der Waals surface area contributed by atoms with Gasteiger partial charge in [-0.2, -0.15) is 0 Å². The van der Waals surface area contributed by atoms with Gasteiger partial charge >= 0.3 is 0 Å². The second-order valence-electron chi connectivity index (χ2n) is 4.22. The number of anilines is 1. The number of nitrogens with one attached hydrogen (secondary N) is 1. The summed E-state index contributed by atoms with van der Waals surface area (Å²) in [6.45, 7) is 0.522. The van der Waals surface area contributed by atoms with Crippen LogP contribution in [0.2, 0.25) is 0 Å². The van der Waals surface area contributed by atoms with Crippen LogP contribution in [0.25, 0.3) is 10.9 Å². The Hall–Kier alpha value is -2.62. The lowest BCUT2D eigenvalue weighted by Gasteiger charge is -2.09. The van der Waals surface area contributed by atoms with Gasteiger partial charge in [-0.25, -0.2) is 9.97 Å². The van der Waals surface area contributed by atoms with Crippen LogP contribution in [0.15, 0.2) is 54.9 Å². The van der Waals surface area contributed by atoms with Crippen LogP contribution < -0.4 is 5.32 Å². The molecule has 1 heterocycles. The molecular weight excluding hydrogens is 238 g/mol. The Bertz CT molecular complexity index is 707. The van der Waals surface area contributed by atoms with Crippen LogP contribution in [-0.2, 0) is 6.54 Å². The number of aromatic nitrogens is 2. The van der Waals surface area contributed by atoms with Gasteiger partial charge in [-0.05, 0) is 18.2 Å². The smallest absolute Gasteiger partial charge is 0.137 e.